The molecule has 1 saturated heterocycles. The third kappa shape index (κ3) is 4.50. The molecule has 1 amide bonds. The molecule has 1 atom stereocenters. The summed E-state index contributed by atoms with van der Waals surface area (Å²) in [6, 6.07) is 15.7. The van der Waals surface area contributed by atoms with Crippen LogP contribution in [0.5, 0.6) is 5.75 Å². The number of benzene rings is 2. The third-order valence-corrected chi connectivity index (χ3v) is 5.66. The van der Waals surface area contributed by atoms with Crippen molar-refractivity contribution in [3.63, 3.8) is 0 Å². The summed E-state index contributed by atoms with van der Waals surface area (Å²) >= 11 is 0. The van der Waals surface area contributed by atoms with Crippen LogP contribution in [0.4, 0.5) is 5.69 Å². The fourth-order valence-corrected chi connectivity index (χ4v) is 3.86. The fourth-order valence-electron chi connectivity index (χ4n) is 3.86. The van der Waals surface area contributed by atoms with Gasteiger partial charge in [-0.1, -0.05) is 31.5 Å². The highest BCUT2D eigenvalue weighted by Gasteiger charge is 2.35. The Kier molecular flexibility index (Phi) is 6.53. The number of amides is 1. The quantitative estimate of drug-likeness (QED) is 0.520. The molecule has 0 aliphatic carbocycles. The second-order valence-electron chi connectivity index (χ2n) is 7.84. The van der Waals surface area contributed by atoms with Crippen molar-refractivity contribution >= 4 is 17.5 Å². The van der Waals surface area contributed by atoms with E-state index in [0.717, 1.165) is 24.7 Å². The fraction of sp³-hybridized carbons (Fsp3) is 0.280. The van der Waals surface area contributed by atoms with Gasteiger partial charge in [-0.2, -0.15) is 4.57 Å². The largest absolute Gasteiger partial charge is 0.494 e. The molecule has 2 aromatic carbocycles. The van der Waals surface area contributed by atoms with Crippen molar-refractivity contribution in [1.82, 2.24) is 9.13 Å². The summed E-state index contributed by atoms with van der Waals surface area (Å²) in [6.07, 6.45) is 3.69. The number of anilines is 1. The van der Waals surface area contributed by atoms with Crippen LogP contribution < -0.4 is 20.9 Å². The van der Waals surface area contributed by atoms with Crippen LogP contribution in [0.2, 0.25) is 0 Å². The summed E-state index contributed by atoms with van der Waals surface area (Å²) in [5, 5.41) is 0. The van der Waals surface area contributed by atoms with Gasteiger partial charge in [0.25, 0.3) is 11.5 Å². The molecule has 0 spiro atoms. The normalized spacial score (nSPS) is 15.6. The minimum atomic E-state index is -0.823. The van der Waals surface area contributed by atoms with E-state index in [4.69, 9.17) is 4.74 Å². The topological polar surface area (TPSA) is 90.6 Å². The van der Waals surface area contributed by atoms with Gasteiger partial charge in [0, 0.05) is 30.1 Å². The zero-order valence-corrected chi connectivity index (χ0v) is 18.3. The zero-order chi connectivity index (χ0) is 23.4. The van der Waals surface area contributed by atoms with Gasteiger partial charge in [-0.05, 0) is 49.2 Å². The van der Waals surface area contributed by atoms with Crippen molar-refractivity contribution in [1.29, 1.82) is 0 Å². The summed E-state index contributed by atoms with van der Waals surface area (Å²) in [7, 11) is 0. The number of rotatable bonds is 7. The molecule has 0 saturated carbocycles. The first-order chi connectivity index (χ1) is 16.0. The predicted octanol–water partition coefficient (Wildman–Crippen LogP) is 2.86. The Morgan fingerprint density at radius 2 is 1.73 bits per heavy atom. The highest BCUT2D eigenvalue weighted by molar-refractivity contribution is 5.98. The Bertz CT molecular complexity index is 1260. The van der Waals surface area contributed by atoms with Gasteiger partial charge in [0.2, 0.25) is 5.91 Å². The lowest BCUT2D eigenvalue weighted by Crippen LogP contribution is -2.45. The number of unbranched alkanes of at least 4 members (excludes halogenated alkanes) is 1. The van der Waals surface area contributed by atoms with Crippen molar-refractivity contribution in [2.24, 2.45) is 0 Å². The van der Waals surface area contributed by atoms with Crippen LogP contribution in [0.15, 0.2) is 76.4 Å². The van der Waals surface area contributed by atoms with Gasteiger partial charge in [0.1, 0.15) is 11.8 Å². The van der Waals surface area contributed by atoms with E-state index in [1.54, 1.807) is 23.1 Å². The first-order valence-corrected chi connectivity index (χ1v) is 11.0. The molecule has 170 valence electrons. The summed E-state index contributed by atoms with van der Waals surface area (Å²) < 4.78 is 7.42. The number of ether oxygens (including phenoxy) is 1. The maximum Gasteiger partial charge on any atom is 0.338 e. The lowest BCUT2D eigenvalue weighted by molar-refractivity contribution is -0.119. The van der Waals surface area contributed by atoms with Gasteiger partial charge in [-0.15, -0.1) is 0 Å². The molecule has 3 aromatic rings. The van der Waals surface area contributed by atoms with Crippen LogP contribution in [-0.2, 0) is 4.79 Å². The monoisotopic (exact) mass is 447 g/mol. The second-order valence-corrected chi connectivity index (χ2v) is 7.84. The molecule has 1 unspecified atom stereocenters. The molecule has 2 heterocycles. The maximum absolute atomic E-state index is 13.2. The molecule has 4 rings (SSSR count). The number of aromatic nitrogens is 2. The van der Waals surface area contributed by atoms with E-state index in [-0.39, 0.29) is 11.5 Å². The highest BCUT2D eigenvalue weighted by Crippen LogP contribution is 2.29. The maximum atomic E-state index is 13.2. The lowest BCUT2D eigenvalue weighted by atomic mass is 10.2. The van der Waals surface area contributed by atoms with Crippen molar-refractivity contribution in [3.05, 3.63) is 93.3 Å². The molecule has 1 aromatic heterocycles. The van der Waals surface area contributed by atoms with E-state index in [9.17, 15) is 19.2 Å². The second kappa shape index (κ2) is 9.68. The van der Waals surface area contributed by atoms with E-state index in [1.165, 1.54) is 22.9 Å². The van der Waals surface area contributed by atoms with Gasteiger partial charge in [0.05, 0.1) is 6.61 Å². The average molecular weight is 447 g/mol. The van der Waals surface area contributed by atoms with Crippen LogP contribution in [0, 0.1) is 0 Å². The zero-order valence-electron chi connectivity index (χ0n) is 18.3. The van der Waals surface area contributed by atoms with Crippen LogP contribution in [0.3, 0.4) is 0 Å². The Morgan fingerprint density at radius 3 is 2.42 bits per heavy atom. The molecule has 0 radical (unpaired) electrons. The Balaban J connectivity index is 1.57. The molecule has 0 N–H and O–H groups in total. The molecule has 1 aliphatic heterocycles. The van der Waals surface area contributed by atoms with Gasteiger partial charge in [-0.25, -0.2) is 4.79 Å². The van der Waals surface area contributed by atoms with E-state index < -0.39 is 23.2 Å². The predicted molar refractivity (Wildman–Crippen MR) is 124 cm³/mol. The third-order valence-electron chi connectivity index (χ3n) is 5.66. The highest BCUT2D eigenvalue weighted by atomic mass is 16.5. The molecule has 33 heavy (non-hydrogen) atoms. The summed E-state index contributed by atoms with van der Waals surface area (Å²) in [6.45, 7) is 3.15. The van der Waals surface area contributed by atoms with Crippen molar-refractivity contribution < 1.29 is 14.3 Å². The number of carbonyl (C=O) groups is 2. The minimum Gasteiger partial charge on any atom is -0.494 e. The first-order valence-electron chi connectivity index (χ1n) is 11.0. The molecular weight excluding hydrogens is 422 g/mol. The van der Waals surface area contributed by atoms with Gasteiger partial charge >= 0.3 is 5.69 Å². The molecule has 0 bridgehead atoms. The number of hydrogen-bond donors (Lipinski definition) is 0. The van der Waals surface area contributed by atoms with E-state index in [0.29, 0.717) is 29.8 Å². The molecule has 1 aliphatic rings. The van der Waals surface area contributed by atoms with Crippen LogP contribution in [0.25, 0.3) is 0 Å². The Morgan fingerprint density at radius 1 is 1.00 bits per heavy atom. The molecule has 8 nitrogen and oxygen atoms in total. The Hall–Kier alpha value is -3.94. The van der Waals surface area contributed by atoms with Gasteiger partial charge < -0.3 is 9.64 Å². The SMILES string of the molecule is CCCCOc1ccc(N2CCC(n3ccc(=O)n(C(=O)c4ccccc4)c3=O)C2=O)cc1. The molecular formula is C25H25N3O5. The standard InChI is InChI=1S/C25H25N3O5/c1-2-3-17-33-20-11-9-19(10-12-20)26-15-13-21(24(26)31)27-16-14-22(29)28(25(27)32)23(30)18-7-5-4-6-8-18/h4-12,14,16,21H,2-3,13,15,17H2,1H3. The van der Waals surface area contributed by atoms with Crippen molar-refractivity contribution in [2.45, 2.75) is 32.2 Å². The number of carbonyl (C=O) groups excluding carboxylic acids is 2. The minimum absolute atomic E-state index is 0.218. The van der Waals surface area contributed by atoms with Crippen LogP contribution >= 0.6 is 0 Å². The van der Waals surface area contributed by atoms with Crippen molar-refractivity contribution in [3.8, 4) is 5.75 Å². The summed E-state index contributed by atoms with van der Waals surface area (Å²) in [5.74, 6) is -0.256. The van der Waals surface area contributed by atoms with Crippen LogP contribution in [0.1, 0.15) is 42.6 Å². The van der Waals surface area contributed by atoms with Crippen molar-refractivity contribution in [2.75, 3.05) is 18.1 Å². The summed E-state index contributed by atoms with van der Waals surface area (Å²) in [4.78, 5) is 52.9. The number of hydrogen-bond acceptors (Lipinski definition) is 5. The van der Waals surface area contributed by atoms with E-state index >= 15 is 0 Å². The smallest absolute Gasteiger partial charge is 0.338 e. The first kappa shape index (κ1) is 22.3. The number of nitrogens with zero attached hydrogens (tertiary/aromatic N) is 3. The lowest BCUT2D eigenvalue weighted by Gasteiger charge is -2.18. The van der Waals surface area contributed by atoms with Gasteiger partial charge in [0.15, 0.2) is 0 Å². The average Bonchev–Trinajstić information content (AvgIpc) is 3.21. The summed E-state index contributed by atoms with van der Waals surface area (Å²) in [5.41, 5.74) is -0.635. The van der Waals surface area contributed by atoms with Gasteiger partial charge in [-0.3, -0.25) is 19.0 Å². The van der Waals surface area contributed by atoms with E-state index in [1.807, 2.05) is 24.3 Å². The Labute approximate surface area is 190 Å². The molecule has 8 heteroatoms. The molecule has 1 fully saturated rings. The van der Waals surface area contributed by atoms with Crippen LogP contribution in [-0.4, -0.2) is 34.1 Å². The van der Waals surface area contributed by atoms with E-state index in [2.05, 4.69) is 6.92 Å².